The van der Waals surface area contributed by atoms with Crippen molar-refractivity contribution < 1.29 is 14.3 Å². The number of carbonyl (C=O) groups is 2. The third kappa shape index (κ3) is 3.97. The summed E-state index contributed by atoms with van der Waals surface area (Å²) in [7, 11) is 0. The summed E-state index contributed by atoms with van der Waals surface area (Å²) in [6, 6.07) is 0.422. The molecule has 2 amide bonds. The van der Waals surface area contributed by atoms with Gasteiger partial charge in [0.1, 0.15) is 6.10 Å². The molecule has 0 aromatic carbocycles. The lowest BCUT2D eigenvalue weighted by molar-refractivity contribution is -0.142. The third-order valence-corrected chi connectivity index (χ3v) is 9.02. The van der Waals surface area contributed by atoms with Crippen molar-refractivity contribution in [3.05, 3.63) is 0 Å². The molecule has 29 heavy (non-hydrogen) atoms. The molecule has 2 saturated carbocycles. The Morgan fingerprint density at radius 2 is 2.07 bits per heavy atom. The van der Waals surface area contributed by atoms with Crippen LogP contribution in [0.1, 0.15) is 64.7 Å². The number of rotatable bonds is 4. The number of hydrogen-bond acceptors (Lipinski definition) is 5. The van der Waals surface area contributed by atoms with Crippen molar-refractivity contribution >= 4 is 28.7 Å². The van der Waals surface area contributed by atoms with E-state index in [9.17, 15) is 9.59 Å². The minimum atomic E-state index is -0.429. The molecule has 5 fully saturated rings. The molecule has 6 nitrogen and oxygen atoms in total. The zero-order valence-electron chi connectivity index (χ0n) is 17.4. The fourth-order valence-electron chi connectivity index (χ4n) is 6.11. The van der Waals surface area contributed by atoms with Crippen LogP contribution in [0.5, 0.6) is 0 Å². The summed E-state index contributed by atoms with van der Waals surface area (Å²) in [4.78, 5) is 32.2. The SMILES string of the molecule is CC1(CC2CCN(C(=O)C3CCCO3)CC2)SC(=N[C@H]2C[C@@H]3CCC2C3)NC1=O. The van der Waals surface area contributed by atoms with Crippen molar-refractivity contribution in [2.75, 3.05) is 19.7 Å². The molecular weight excluding hydrogens is 386 g/mol. The summed E-state index contributed by atoms with van der Waals surface area (Å²) in [6.07, 6.45) is 9.66. The second-order valence-electron chi connectivity index (χ2n) is 9.94. The van der Waals surface area contributed by atoms with Crippen molar-refractivity contribution in [3.63, 3.8) is 0 Å². The van der Waals surface area contributed by atoms with Gasteiger partial charge in [-0.15, -0.1) is 0 Å². The van der Waals surface area contributed by atoms with Gasteiger partial charge in [0, 0.05) is 19.7 Å². The van der Waals surface area contributed by atoms with Gasteiger partial charge in [-0.2, -0.15) is 0 Å². The Balaban J connectivity index is 1.14. The van der Waals surface area contributed by atoms with Gasteiger partial charge in [-0.25, -0.2) is 0 Å². The largest absolute Gasteiger partial charge is 0.368 e. The van der Waals surface area contributed by atoms with Gasteiger partial charge in [-0.3, -0.25) is 14.6 Å². The van der Waals surface area contributed by atoms with Crippen molar-refractivity contribution in [3.8, 4) is 0 Å². The van der Waals surface area contributed by atoms with Gasteiger partial charge in [0.2, 0.25) is 5.91 Å². The predicted molar refractivity (Wildman–Crippen MR) is 114 cm³/mol. The maximum absolute atomic E-state index is 12.8. The Bertz CT molecular complexity index is 699. The fourth-order valence-corrected chi connectivity index (χ4v) is 7.33. The number of aliphatic imine (C=N–C) groups is 1. The molecule has 5 rings (SSSR count). The van der Waals surface area contributed by atoms with Crippen LogP contribution in [-0.4, -0.2) is 58.5 Å². The Hall–Kier alpha value is -1.08. The highest BCUT2D eigenvalue weighted by molar-refractivity contribution is 8.16. The summed E-state index contributed by atoms with van der Waals surface area (Å²) in [5.41, 5.74) is 0. The lowest BCUT2D eigenvalue weighted by Gasteiger charge is -2.35. The first-order valence-corrected chi connectivity index (χ1v) is 12.3. The first-order chi connectivity index (χ1) is 14.0. The Morgan fingerprint density at radius 3 is 2.72 bits per heavy atom. The molecular formula is C22H33N3O3S. The van der Waals surface area contributed by atoms with Gasteiger partial charge in [0.25, 0.3) is 5.91 Å². The topological polar surface area (TPSA) is 71.0 Å². The molecule has 0 radical (unpaired) electrons. The summed E-state index contributed by atoms with van der Waals surface area (Å²) in [5.74, 6) is 2.37. The van der Waals surface area contributed by atoms with Crippen LogP contribution < -0.4 is 5.32 Å². The molecule has 5 aliphatic rings. The van der Waals surface area contributed by atoms with E-state index < -0.39 is 4.75 Å². The fraction of sp³-hybridized carbons (Fsp3) is 0.864. The average Bonchev–Trinajstić information content (AvgIpc) is 3.48. The molecule has 3 heterocycles. The van der Waals surface area contributed by atoms with Gasteiger partial charge in [-0.1, -0.05) is 18.2 Å². The van der Waals surface area contributed by atoms with E-state index in [1.807, 2.05) is 4.90 Å². The minimum absolute atomic E-state index is 0.113. The van der Waals surface area contributed by atoms with Crippen LogP contribution in [0.3, 0.4) is 0 Å². The monoisotopic (exact) mass is 419 g/mol. The first-order valence-electron chi connectivity index (χ1n) is 11.5. The molecule has 3 saturated heterocycles. The molecule has 160 valence electrons. The van der Waals surface area contributed by atoms with Crippen molar-refractivity contribution in [2.45, 2.75) is 81.6 Å². The van der Waals surface area contributed by atoms with E-state index in [0.717, 1.165) is 62.2 Å². The zero-order chi connectivity index (χ0) is 20.0. The number of nitrogens with one attached hydrogen (secondary N) is 1. The van der Waals surface area contributed by atoms with Crippen LogP contribution in [0.4, 0.5) is 0 Å². The quantitative estimate of drug-likeness (QED) is 0.761. The number of piperidine rings is 1. The standard InChI is InChI=1S/C22H33N3O3S/c1-22(13-14-6-8-25(9-7-14)19(26)18-3-2-10-28-18)20(27)24-21(29-22)23-17-12-15-4-5-16(17)11-15/h14-18H,2-13H2,1H3,(H,23,24,27)/t15-,16?,17+,18?,22?/m1/s1. The number of amides is 2. The molecule has 2 aliphatic carbocycles. The molecule has 0 aromatic rings. The van der Waals surface area contributed by atoms with E-state index >= 15 is 0 Å². The maximum Gasteiger partial charge on any atom is 0.251 e. The van der Waals surface area contributed by atoms with E-state index in [4.69, 9.17) is 9.73 Å². The molecule has 3 unspecified atom stereocenters. The van der Waals surface area contributed by atoms with Crippen LogP contribution in [0.25, 0.3) is 0 Å². The second kappa shape index (κ2) is 7.88. The lowest BCUT2D eigenvalue weighted by Crippen LogP contribution is -2.45. The van der Waals surface area contributed by atoms with Crippen molar-refractivity contribution in [1.29, 1.82) is 0 Å². The van der Waals surface area contributed by atoms with Crippen LogP contribution in [0.2, 0.25) is 0 Å². The maximum atomic E-state index is 12.8. The molecule has 5 atom stereocenters. The molecule has 2 bridgehead atoms. The highest BCUT2D eigenvalue weighted by Crippen LogP contribution is 2.47. The van der Waals surface area contributed by atoms with Gasteiger partial charge >= 0.3 is 0 Å². The summed E-state index contributed by atoms with van der Waals surface area (Å²) < 4.78 is 5.13. The number of fused-ring (bicyclic) bond motifs is 2. The van der Waals surface area contributed by atoms with Gasteiger partial charge in [0.15, 0.2) is 5.17 Å². The normalized spacial score (nSPS) is 41.5. The number of amidine groups is 1. The van der Waals surface area contributed by atoms with Gasteiger partial charge in [0.05, 0.1) is 10.8 Å². The lowest BCUT2D eigenvalue weighted by atomic mass is 9.87. The van der Waals surface area contributed by atoms with Gasteiger partial charge < -0.3 is 15.0 Å². The Morgan fingerprint density at radius 1 is 1.24 bits per heavy atom. The Kier molecular flexibility index (Phi) is 5.39. The number of thioether (sulfide) groups is 1. The van der Waals surface area contributed by atoms with Gasteiger partial charge in [-0.05, 0) is 76.0 Å². The van der Waals surface area contributed by atoms with E-state index in [1.54, 1.807) is 11.8 Å². The summed E-state index contributed by atoms with van der Waals surface area (Å²) in [5, 5.41) is 3.93. The first kappa shape index (κ1) is 19.9. The number of hydrogen-bond donors (Lipinski definition) is 1. The summed E-state index contributed by atoms with van der Waals surface area (Å²) >= 11 is 1.65. The van der Waals surface area contributed by atoms with Crippen LogP contribution in [-0.2, 0) is 14.3 Å². The molecule has 0 spiro atoms. The van der Waals surface area contributed by atoms with E-state index in [0.29, 0.717) is 18.6 Å². The van der Waals surface area contributed by atoms with E-state index in [-0.39, 0.29) is 17.9 Å². The van der Waals surface area contributed by atoms with E-state index in [2.05, 4.69) is 12.2 Å². The van der Waals surface area contributed by atoms with Crippen molar-refractivity contribution in [2.24, 2.45) is 22.7 Å². The predicted octanol–water partition coefficient (Wildman–Crippen LogP) is 2.96. The smallest absolute Gasteiger partial charge is 0.251 e. The third-order valence-electron chi connectivity index (χ3n) is 7.82. The minimum Gasteiger partial charge on any atom is -0.368 e. The van der Waals surface area contributed by atoms with Crippen LogP contribution in [0.15, 0.2) is 4.99 Å². The molecule has 7 heteroatoms. The zero-order valence-corrected chi connectivity index (χ0v) is 18.2. The number of likely N-dealkylation sites (tertiary alicyclic amines) is 1. The number of ether oxygens (including phenoxy) is 1. The van der Waals surface area contributed by atoms with Crippen LogP contribution >= 0.6 is 11.8 Å². The average molecular weight is 420 g/mol. The molecule has 0 aromatic heterocycles. The number of nitrogens with zero attached hydrogens (tertiary/aromatic N) is 2. The highest BCUT2D eigenvalue weighted by Gasteiger charge is 2.46. The van der Waals surface area contributed by atoms with Crippen LogP contribution in [0, 0.1) is 17.8 Å². The highest BCUT2D eigenvalue weighted by atomic mass is 32.2. The molecule has 1 N–H and O–H groups in total. The van der Waals surface area contributed by atoms with E-state index in [1.165, 1.54) is 25.7 Å². The van der Waals surface area contributed by atoms with Crippen molar-refractivity contribution in [1.82, 2.24) is 10.2 Å². The Labute approximate surface area is 177 Å². The second-order valence-corrected chi connectivity index (χ2v) is 11.4. The molecule has 3 aliphatic heterocycles. The summed E-state index contributed by atoms with van der Waals surface area (Å²) in [6.45, 7) is 4.36. The number of carbonyl (C=O) groups excluding carboxylic acids is 2.